The number of Topliss-reactive ketones (excluding diaryl/α,β-unsaturated/α-hetero) is 1. The van der Waals surface area contributed by atoms with Gasteiger partial charge in [-0.05, 0) is 31.0 Å². The molecule has 0 bridgehead atoms. The summed E-state index contributed by atoms with van der Waals surface area (Å²) in [6.07, 6.45) is -5.06. The number of alkyl halides is 3. The number of primary amides is 1. The molecule has 1 heterocycles. The molecule has 0 saturated carbocycles. The topological polar surface area (TPSA) is 105 Å². The highest BCUT2D eigenvalue weighted by atomic mass is 79.9. The summed E-state index contributed by atoms with van der Waals surface area (Å²) >= 11 is 3.31. The van der Waals surface area contributed by atoms with E-state index in [2.05, 4.69) is 21.2 Å². The normalized spacial score (nSPS) is 17.7. The lowest BCUT2D eigenvalue weighted by Crippen LogP contribution is -2.45. The summed E-state index contributed by atoms with van der Waals surface area (Å²) in [5.74, 6) is -1.45. The fraction of sp³-hybridized carbons (Fsp3) is 0.591. The maximum atomic E-state index is 13.2. The Morgan fingerprint density at radius 3 is 2.44 bits per heavy atom. The van der Waals surface area contributed by atoms with Gasteiger partial charge >= 0.3 is 12.3 Å². The molecule has 1 aliphatic rings. The van der Waals surface area contributed by atoms with Gasteiger partial charge in [0.2, 0.25) is 5.91 Å². The van der Waals surface area contributed by atoms with Crippen LogP contribution >= 0.6 is 15.9 Å². The van der Waals surface area contributed by atoms with E-state index in [4.69, 9.17) is 10.5 Å². The fourth-order valence-electron chi connectivity index (χ4n) is 3.79. The van der Waals surface area contributed by atoms with Gasteiger partial charge in [0.05, 0.1) is 25.7 Å². The standard InChI is InChI=1S/C22H30BrF3N4O4/c1-14(2)18(11-34-21(27)33)20(32)30-13-29(12-22(24,25)26)10-17(30)7-8-28-9-19(31)15-3-5-16(23)6-4-15/h3-6,14,17-18,28H,7-13H2,1-2H3,(H2,27,33). The molecule has 0 radical (unpaired) electrons. The summed E-state index contributed by atoms with van der Waals surface area (Å²) in [6.45, 7) is 2.43. The van der Waals surface area contributed by atoms with E-state index in [1.165, 1.54) is 9.80 Å². The fourth-order valence-corrected chi connectivity index (χ4v) is 4.06. The van der Waals surface area contributed by atoms with Crippen LogP contribution in [0.3, 0.4) is 0 Å². The average Bonchev–Trinajstić information content (AvgIpc) is 3.11. The van der Waals surface area contributed by atoms with Gasteiger partial charge in [0.15, 0.2) is 5.78 Å². The van der Waals surface area contributed by atoms with E-state index in [1.54, 1.807) is 38.1 Å². The van der Waals surface area contributed by atoms with Crippen LogP contribution in [0, 0.1) is 11.8 Å². The van der Waals surface area contributed by atoms with Crippen molar-refractivity contribution in [2.75, 3.05) is 39.5 Å². The first-order chi connectivity index (χ1) is 15.9. The highest BCUT2D eigenvalue weighted by Gasteiger charge is 2.41. The van der Waals surface area contributed by atoms with Gasteiger partial charge in [-0.2, -0.15) is 13.2 Å². The van der Waals surface area contributed by atoms with Gasteiger partial charge in [-0.25, -0.2) is 4.79 Å². The van der Waals surface area contributed by atoms with Crippen molar-refractivity contribution < 1.29 is 32.3 Å². The summed E-state index contributed by atoms with van der Waals surface area (Å²) < 4.78 is 44.6. The Balaban J connectivity index is 2.00. The third-order valence-corrected chi connectivity index (χ3v) is 6.11. The highest BCUT2D eigenvalue weighted by molar-refractivity contribution is 9.10. The van der Waals surface area contributed by atoms with Gasteiger partial charge in [-0.1, -0.05) is 41.9 Å². The second-order valence-corrected chi connectivity index (χ2v) is 9.52. The number of nitrogens with two attached hydrogens (primary N) is 1. The van der Waals surface area contributed by atoms with Crippen LogP contribution in [-0.2, 0) is 9.53 Å². The number of hydrogen-bond acceptors (Lipinski definition) is 6. The molecule has 1 aromatic rings. The van der Waals surface area contributed by atoms with Crippen LogP contribution in [0.1, 0.15) is 30.6 Å². The maximum absolute atomic E-state index is 13.2. The molecule has 0 spiro atoms. The molecule has 3 N–H and O–H groups in total. The summed E-state index contributed by atoms with van der Waals surface area (Å²) in [5.41, 5.74) is 5.55. The van der Waals surface area contributed by atoms with Crippen molar-refractivity contribution in [3.63, 3.8) is 0 Å². The predicted octanol–water partition coefficient (Wildman–Crippen LogP) is 3.01. The Morgan fingerprint density at radius 2 is 1.88 bits per heavy atom. The largest absolute Gasteiger partial charge is 0.449 e. The highest BCUT2D eigenvalue weighted by Crippen LogP contribution is 2.26. The monoisotopic (exact) mass is 550 g/mol. The molecule has 0 aromatic heterocycles. The molecule has 1 fully saturated rings. The van der Waals surface area contributed by atoms with Gasteiger partial charge in [0.25, 0.3) is 0 Å². The minimum absolute atomic E-state index is 0.0507. The van der Waals surface area contributed by atoms with E-state index in [0.717, 1.165) is 4.47 Å². The van der Waals surface area contributed by atoms with E-state index in [1.807, 2.05) is 0 Å². The molecule has 0 aliphatic carbocycles. The number of benzene rings is 1. The second-order valence-electron chi connectivity index (χ2n) is 8.61. The molecule has 12 heteroatoms. The summed E-state index contributed by atoms with van der Waals surface area (Å²) in [6, 6.07) is 6.43. The van der Waals surface area contributed by atoms with Gasteiger partial charge in [0, 0.05) is 22.6 Å². The molecular weight excluding hydrogens is 521 g/mol. The molecule has 2 unspecified atom stereocenters. The van der Waals surface area contributed by atoms with Gasteiger partial charge in [-0.3, -0.25) is 14.5 Å². The quantitative estimate of drug-likeness (QED) is 0.324. The van der Waals surface area contributed by atoms with Crippen LogP contribution in [0.5, 0.6) is 0 Å². The number of carbonyl (C=O) groups is 3. The first-order valence-electron chi connectivity index (χ1n) is 10.9. The van der Waals surface area contributed by atoms with Crippen molar-refractivity contribution in [2.24, 2.45) is 17.6 Å². The van der Waals surface area contributed by atoms with Crippen molar-refractivity contribution in [3.05, 3.63) is 34.3 Å². The number of halogens is 4. The SMILES string of the molecule is CC(C)C(COC(N)=O)C(=O)N1CN(CC(F)(F)F)CC1CCNCC(=O)c1ccc(Br)cc1. The number of nitrogens with one attached hydrogen (secondary N) is 1. The maximum Gasteiger partial charge on any atom is 0.404 e. The molecule has 2 rings (SSSR count). The number of hydrogen-bond donors (Lipinski definition) is 2. The lowest BCUT2D eigenvalue weighted by molar-refractivity contribution is -0.149. The Morgan fingerprint density at radius 1 is 1.24 bits per heavy atom. The Hall–Kier alpha value is -2.18. The van der Waals surface area contributed by atoms with Crippen LogP contribution in [0.2, 0.25) is 0 Å². The number of rotatable bonds is 11. The molecule has 1 aromatic carbocycles. The van der Waals surface area contributed by atoms with E-state index >= 15 is 0 Å². The van der Waals surface area contributed by atoms with Crippen LogP contribution in [0.25, 0.3) is 0 Å². The molecule has 1 saturated heterocycles. The van der Waals surface area contributed by atoms with Crippen LogP contribution in [-0.4, -0.2) is 79.3 Å². The number of amides is 2. The van der Waals surface area contributed by atoms with Crippen molar-refractivity contribution in [1.82, 2.24) is 15.1 Å². The number of ether oxygens (including phenoxy) is 1. The molecule has 34 heavy (non-hydrogen) atoms. The number of ketones is 1. The Labute approximate surface area is 205 Å². The summed E-state index contributed by atoms with van der Waals surface area (Å²) in [4.78, 5) is 39.0. The minimum atomic E-state index is -4.40. The van der Waals surface area contributed by atoms with Crippen molar-refractivity contribution >= 4 is 33.7 Å². The van der Waals surface area contributed by atoms with Crippen molar-refractivity contribution in [3.8, 4) is 0 Å². The lowest BCUT2D eigenvalue weighted by atomic mass is 9.94. The third-order valence-electron chi connectivity index (χ3n) is 5.58. The third kappa shape index (κ3) is 8.88. The molecule has 2 atom stereocenters. The Kier molecular flexibility index (Phi) is 10.3. The molecule has 2 amide bonds. The van der Waals surface area contributed by atoms with Gasteiger partial charge in [0.1, 0.15) is 6.61 Å². The molecule has 190 valence electrons. The Bertz CT molecular complexity index is 852. The number of carbonyl (C=O) groups excluding carboxylic acids is 3. The van der Waals surface area contributed by atoms with E-state index < -0.39 is 36.7 Å². The smallest absolute Gasteiger partial charge is 0.404 e. The number of nitrogens with zero attached hydrogens (tertiary/aromatic N) is 2. The van der Waals surface area contributed by atoms with Crippen molar-refractivity contribution in [1.29, 1.82) is 0 Å². The van der Waals surface area contributed by atoms with Crippen molar-refractivity contribution in [2.45, 2.75) is 32.5 Å². The van der Waals surface area contributed by atoms with E-state index in [0.29, 0.717) is 18.5 Å². The zero-order chi connectivity index (χ0) is 25.5. The van der Waals surface area contributed by atoms with Crippen LogP contribution < -0.4 is 11.1 Å². The summed E-state index contributed by atoms with van der Waals surface area (Å²) in [7, 11) is 0. The van der Waals surface area contributed by atoms with Crippen LogP contribution in [0.15, 0.2) is 28.7 Å². The first kappa shape index (κ1) is 28.1. The van der Waals surface area contributed by atoms with Gasteiger partial charge < -0.3 is 20.7 Å². The predicted molar refractivity (Wildman–Crippen MR) is 123 cm³/mol. The van der Waals surface area contributed by atoms with Crippen LogP contribution in [0.4, 0.5) is 18.0 Å². The first-order valence-corrected chi connectivity index (χ1v) is 11.7. The van der Waals surface area contributed by atoms with Gasteiger partial charge in [-0.15, -0.1) is 0 Å². The lowest BCUT2D eigenvalue weighted by Gasteiger charge is -2.29. The average molecular weight is 551 g/mol. The minimum Gasteiger partial charge on any atom is -0.449 e. The van der Waals surface area contributed by atoms with E-state index in [9.17, 15) is 27.6 Å². The van der Waals surface area contributed by atoms with E-state index in [-0.39, 0.29) is 38.1 Å². The molecule has 8 nitrogen and oxygen atoms in total. The molecular formula is C22H30BrF3N4O4. The molecule has 1 aliphatic heterocycles. The zero-order valence-electron chi connectivity index (χ0n) is 19.1. The zero-order valence-corrected chi connectivity index (χ0v) is 20.7. The second kappa shape index (κ2) is 12.5. The summed E-state index contributed by atoms with van der Waals surface area (Å²) in [5, 5.41) is 3.01.